The van der Waals surface area contributed by atoms with Crippen molar-refractivity contribution >= 4 is 17.3 Å². The Labute approximate surface area is 135 Å². The number of likely N-dealkylation sites (tertiary alicyclic amines) is 1. The van der Waals surface area contributed by atoms with E-state index < -0.39 is 5.97 Å². The molecule has 2 unspecified atom stereocenters. The fourth-order valence-corrected chi connectivity index (χ4v) is 4.11. The van der Waals surface area contributed by atoms with E-state index in [1.165, 1.54) is 16.0 Å². The van der Waals surface area contributed by atoms with E-state index in [4.69, 9.17) is 0 Å². The fourth-order valence-electron chi connectivity index (χ4n) is 3.24. The SMILES string of the molecule is Cc1ccc(C(c2cccs2)N2CCCCC2C(=O)O)cc1. The minimum absolute atomic E-state index is 0.0435. The third-order valence-electron chi connectivity index (χ3n) is 4.37. The summed E-state index contributed by atoms with van der Waals surface area (Å²) in [5.41, 5.74) is 2.41. The molecule has 116 valence electrons. The molecule has 2 aromatic rings. The third-order valence-corrected chi connectivity index (χ3v) is 5.29. The number of rotatable bonds is 4. The van der Waals surface area contributed by atoms with Crippen LogP contribution in [-0.4, -0.2) is 28.6 Å². The van der Waals surface area contributed by atoms with E-state index in [0.29, 0.717) is 0 Å². The molecule has 1 aliphatic heterocycles. The predicted octanol–water partition coefficient (Wildman–Crippen LogP) is 4.09. The molecule has 1 fully saturated rings. The molecule has 1 aliphatic rings. The molecule has 4 heteroatoms. The molecule has 2 atom stereocenters. The molecule has 22 heavy (non-hydrogen) atoms. The maximum absolute atomic E-state index is 11.7. The summed E-state index contributed by atoms with van der Waals surface area (Å²) in [7, 11) is 0. The molecule has 1 aromatic heterocycles. The highest BCUT2D eigenvalue weighted by atomic mass is 32.1. The van der Waals surface area contributed by atoms with Gasteiger partial charge in [-0.1, -0.05) is 42.3 Å². The van der Waals surface area contributed by atoms with Gasteiger partial charge in [-0.25, -0.2) is 0 Å². The van der Waals surface area contributed by atoms with E-state index in [1.54, 1.807) is 11.3 Å². The lowest BCUT2D eigenvalue weighted by Gasteiger charge is -2.39. The maximum atomic E-state index is 11.7. The molecular formula is C18H21NO2S. The van der Waals surface area contributed by atoms with Crippen molar-refractivity contribution in [2.24, 2.45) is 0 Å². The molecule has 0 radical (unpaired) electrons. The average Bonchev–Trinajstić information content (AvgIpc) is 3.04. The van der Waals surface area contributed by atoms with Crippen LogP contribution in [0.5, 0.6) is 0 Å². The van der Waals surface area contributed by atoms with Gasteiger partial charge >= 0.3 is 5.97 Å². The van der Waals surface area contributed by atoms with Crippen LogP contribution in [0.25, 0.3) is 0 Å². The minimum Gasteiger partial charge on any atom is -0.480 e. The molecule has 1 aromatic carbocycles. The second kappa shape index (κ2) is 6.63. The summed E-state index contributed by atoms with van der Waals surface area (Å²) in [5.74, 6) is -0.701. The lowest BCUT2D eigenvalue weighted by molar-refractivity contribution is -0.145. The third kappa shape index (κ3) is 3.08. The van der Waals surface area contributed by atoms with E-state index in [2.05, 4.69) is 47.5 Å². The Morgan fingerprint density at radius 3 is 2.68 bits per heavy atom. The van der Waals surface area contributed by atoms with Crippen molar-refractivity contribution < 1.29 is 9.90 Å². The molecule has 0 bridgehead atoms. The lowest BCUT2D eigenvalue weighted by atomic mass is 9.95. The molecule has 3 rings (SSSR count). The van der Waals surface area contributed by atoms with Crippen LogP contribution >= 0.6 is 11.3 Å². The van der Waals surface area contributed by atoms with Crippen molar-refractivity contribution in [2.45, 2.75) is 38.3 Å². The van der Waals surface area contributed by atoms with Crippen LogP contribution in [0.4, 0.5) is 0 Å². The Bertz CT molecular complexity index is 621. The number of carboxylic acid groups (broad SMARTS) is 1. The van der Waals surface area contributed by atoms with Crippen LogP contribution in [-0.2, 0) is 4.79 Å². The molecule has 0 amide bonds. The molecule has 3 nitrogen and oxygen atoms in total. The van der Waals surface area contributed by atoms with Crippen LogP contribution in [0.15, 0.2) is 41.8 Å². The van der Waals surface area contributed by atoms with Crippen molar-refractivity contribution in [3.63, 3.8) is 0 Å². The predicted molar refractivity (Wildman–Crippen MR) is 89.3 cm³/mol. The summed E-state index contributed by atoms with van der Waals surface area (Å²) in [6, 6.07) is 12.3. The highest BCUT2D eigenvalue weighted by Crippen LogP contribution is 2.36. The Hall–Kier alpha value is -1.65. The number of carbonyl (C=O) groups is 1. The van der Waals surface area contributed by atoms with Gasteiger partial charge in [0, 0.05) is 4.88 Å². The minimum atomic E-state index is -0.701. The summed E-state index contributed by atoms with van der Waals surface area (Å²) in [6.07, 6.45) is 2.80. The highest BCUT2D eigenvalue weighted by molar-refractivity contribution is 7.10. The summed E-state index contributed by atoms with van der Waals surface area (Å²) < 4.78 is 0. The largest absolute Gasteiger partial charge is 0.480 e. The Balaban J connectivity index is 2.01. The van der Waals surface area contributed by atoms with Crippen molar-refractivity contribution in [3.8, 4) is 0 Å². The second-order valence-corrected chi connectivity index (χ2v) is 6.90. The average molecular weight is 315 g/mol. The summed E-state index contributed by atoms with van der Waals surface area (Å²) >= 11 is 1.70. The van der Waals surface area contributed by atoms with Gasteiger partial charge < -0.3 is 5.11 Å². The fraction of sp³-hybridized carbons (Fsp3) is 0.389. The van der Waals surface area contributed by atoms with Gasteiger partial charge in [0.25, 0.3) is 0 Å². The monoisotopic (exact) mass is 315 g/mol. The van der Waals surface area contributed by atoms with E-state index in [-0.39, 0.29) is 12.1 Å². The summed E-state index contributed by atoms with van der Waals surface area (Å²) in [4.78, 5) is 15.1. The Morgan fingerprint density at radius 2 is 2.05 bits per heavy atom. The van der Waals surface area contributed by atoms with Gasteiger partial charge in [-0.15, -0.1) is 11.3 Å². The maximum Gasteiger partial charge on any atom is 0.320 e. The number of hydrogen-bond donors (Lipinski definition) is 1. The Kier molecular flexibility index (Phi) is 4.60. The van der Waals surface area contributed by atoms with E-state index in [9.17, 15) is 9.90 Å². The zero-order valence-electron chi connectivity index (χ0n) is 12.7. The van der Waals surface area contributed by atoms with E-state index in [0.717, 1.165) is 25.8 Å². The zero-order valence-corrected chi connectivity index (χ0v) is 13.6. The smallest absolute Gasteiger partial charge is 0.320 e. The van der Waals surface area contributed by atoms with Gasteiger partial charge in [0.15, 0.2) is 0 Å². The van der Waals surface area contributed by atoms with Gasteiger partial charge in [-0.3, -0.25) is 9.69 Å². The number of aliphatic carboxylic acids is 1. The molecule has 2 heterocycles. The van der Waals surface area contributed by atoms with Crippen molar-refractivity contribution in [1.29, 1.82) is 0 Å². The quantitative estimate of drug-likeness (QED) is 0.924. The summed E-state index contributed by atoms with van der Waals surface area (Å²) in [6.45, 7) is 2.91. The number of carboxylic acids is 1. The first-order valence-corrected chi connectivity index (χ1v) is 8.63. The lowest BCUT2D eigenvalue weighted by Crippen LogP contribution is -2.46. The summed E-state index contributed by atoms with van der Waals surface area (Å²) in [5, 5.41) is 11.7. The topological polar surface area (TPSA) is 40.5 Å². The van der Waals surface area contributed by atoms with Crippen LogP contribution < -0.4 is 0 Å². The van der Waals surface area contributed by atoms with E-state index in [1.807, 2.05) is 6.07 Å². The number of hydrogen-bond acceptors (Lipinski definition) is 3. The second-order valence-electron chi connectivity index (χ2n) is 5.92. The van der Waals surface area contributed by atoms with Crippen LogP contribution in [0.3, 0.4) is 0 Å². The number of nitrogens with zero attached hydrogens (tertiary/aromatic N) is 1. The van der Waals surface area contributed by atoms with Gasteiger partial charge in [0.05, 0.1) is 6.04 Å². The molecule has 0 saturated carbocycles. The van der Waals surface area contributed by atoms with Gasteiger partial charge in [0.2, 0.25) is 0 Å². The first kappa shape index (κ1) is 15.3. The molecule has 1 saturated heterocycles. The Morgan fingerprint density at radius 1 is 1.27 bits per heavy atom. The van der Waals surface area contributed by atoms with Gasteiger partial charge in [-0.05, 0) is 43.3 Å². The van der Waals surface area contributed by atoms with Gasteiger partial charge in [-0.2, -0.15) is 0 Å². The molecule has 1 N–H and O–H groups in total. The van der Waals surface area contributed by atoms with E-state index >= 15 is 0 Å². The number of piperidine rings is 1. The normalized spacial score (nSPS) is 20.7. The first-order chi connectivity index (χ1) is 10.7. The van der Waals surface area contributed by atoms with Gasteiger partial charge in [0.1, 0.15) is 6.04 Å². The number of thiophene rings is 1. The van der Waals surface area contributed by atoms with Crippen LogP contribution in [0.2, 0.25) is 0 Å². The molecule has 0 spiro atoms. The first-order valence-electron chi connectivity index (χ1n) is 7.75. The van der Waals surface area contributed by atoms with Crippen LogP contribution in [0.1, 0.15) is 41.3 Å². The molecule has 0 aliphatic carbocycles. The number of aryl methyl sites for hydroxylation is 1. The molecular weight excluding hydrogens is 294 g/mol. The van der Waals surface area contributed by atoms with Crippen molar-refractivity contribution in [1.82, 2.24) is 4.90 Å². The van der Waals surface area contributed by atoms with Crippen molar-refractivity contribution in [3.05, 3.63) is 57.8 Å². The zero-order chi connectivity index (χ0) is 15.5. The van der Waals surface area contributed by atoms with Crippen molar-refractivity contribution in [2.75, 3.05) is 6.54 Å². The number of benzene rings is 1. The standard InChI is InChI=1S/C18H21NO2S/c1-13-7-9-14(10-8-13)17(16-6-4-12-22-16)19-11-3-2-5-15(19)18(20)21/h4,6-10,12,15,17H,2-3,5,11H2,1H3,(H,20,21). The van der Waals surface area contributed by atoms with Crippen LogP contribution in [0, 0.1) is 6.92 Å². The highest BCUT2D eigenvalue weighted by Gasteiger charge is 2.35.